The molecule has 0 spiro atoms. The number of halogens is 1. The van der Waals surface area contributed by atoms with Crippen LogP contribution in [0, 0.1) is 0 Å². The number of nitrogen functional groups attached to an aromatic ring is 1. The van der Waals surface area contributed by atoms with E-state index in [2.05, 4.69) is 22.4 Å². The highest BCUT2D eigenvalue weighted by atomic mass is 35.5. The molecule has 1 aliphatic carbocycles. The summed E-state index contributed by atoms with van der Waals surface area (Å²) in [6, 6.07) is 9.78. The summed E-state index contributed by atoms with van der Waals surface area (Å²) in [5.41, 5.74) is 8.90. The van der Waals surface area contributed by atoms with Gasteiger partial charge in [-0.1, -0.05) is 35.9 Å². The van der Waals surface area contributed by atoms with E-state index in [1.165, 1.54) is 17.3 Å². The lowest BCUT2D eigenvalue weighted by atomic mass is 9.87. The number of nitrogens with zero attached hydrogens (tertiary/aromatic N) is 1. The van der Waals surface area contributed by atoms with Gasteiger partial charge in [0, 0.05) is 0 Å². The van der Waals surface area contributed by atoms with Gasteiger partial charge in [-0.15, -0.1) is 0 Å². The zero-order chi connectivity index (χ0) is 14.8. The lowest BCUT2D eigenvalue weighted by Gasteiger charge is -2.26. The molecule has 4 nitrogen and oxygen atoms in total. The van der Waals surface area contributed by atoms with Crippen LogP contribution in [-0.4, -0.2) is 10.9 Å². The quantitative estimate of drug-likeness (QED) is 0.837. The monoisotopic (exact) mass is 301 g/mol. The summed E-state index contributed by atoms with van der Waals surface area (Å²) in [7, 11) is 0. The zero-order valence-corrected chi connectivity index (χ0v) is 12.2. The first-order chi connectivity index (χ1) is 10.1. The van der Waals surface area contributed by atoms with E-state index in [9.17, 15) is 4.79 Å². The third-order valence-electron chi connectivity index (χ3n) is 3.78. The van der Waals surface area contributed by atoms with Gasteiger partial charge in [-0.05, 0) is 36.5 Å². The Kier molecular flexibility index (Phi) is 3.80. The van der Waals surface area contributed by atoms with E-state index in [4.69, 9.17) is 17.3 Å². The standard InChI is InChI=1S/C16H16ClN3O/c17-15-13(8-11(18)9-19-15)16(21)20-14-7-3-5-10-4-1-2-6-12(10)14/h1-2,4,6,8-9,14H,3,5,7,18H2,(H,20,21). The minimum atomic E-state index is -0.235. The lowest BCUT2D eigenvalue weighted by Crippen LogP contribution is -2.31. The van der Waals surface area contributed by atoms with Gasteiger partial charge >= 0.3 is 0 Å². The van der Waals surface area contributed by atoms with E-state index in [-0.39, 0.29) is 17.1 Å². The fraction of sp³-hybridized carbons (Fsp3) is 0.250. The molecule has 1 amide bonds. The van der Waals surface area contributed by atoms with Gasteiger partial charge in [-0.2, -0.15) is 0 Å². The van der Waals surface area contributed by atoms with Gasteiger partial charge in [-0.25, -0.2) is 4.98 Å². The summed E-state index contributed by atoms with van der Waals surface area (Å²) in [5.74, 6) is -0.235. The molecule has 21 heavy (non-hydrogen) atoms. The Hall–Kier alpha value is -2.07. The van der Waals surface area contributed by atoms with Crippen molar-refractivity contribution >= 4 is 23.2 Å². The van der Waals surface area contributed by atoms with Crippen LogP contribution in [0.5, 0.6) is 0 Å². The van der Waals surface area contributed by atoms with Crippen LogP contribution in [0.25, 0.3) is 0 Å². The van der Waals surface area contributed by atoms with Gasteiger partial charge in [0.05, 0.1) is 23.5 Å². The van der Waals surface area contributed by atoms with Crippen LogP contribution in [0.2, 0.25) is 5.15 Å². The van der Waals surface area contributed by atoms with Gasteiger partial charge in [-0.3, -0.25) is 4.79 Å². The first kappa shape index (κ1) is 13.9. The van der Waals surface area contributed by atoms with E-state index < -0.39 is 0 Å². The maximum Gasteiger partial charge on any atom is 0.254 e. The first-order valence-electron chi connectivity index (χ1n) is 6.95. The van der Waals surface area contributed by atoms with Gasteiger partial charge < -0.3 is 11.1 Å². The molecule has 0 saturated carbocycles. The summed E-state index contributed by atoms with van der Waals surface area (Å²) in [6.45, 7) is 0. The highest BCUT2D eigenvalue weighted by molar-refractivity contribution is 6.32. The average Bonchev–Trinajstić information content (AvgIpc) is 2.50. The summed E-state index contributed by atoms with van der Waals surface area (Å²) >= 11 is 5.98. The second-order valence-electron chi connectivity index (χ2n) is 5.22. The fourth-order valence-corrected chi connectivity index (χ4v) is 2.95. The van der Waals surface area contributed by atoms with Crippen LogP contribution >= 0.6 is 11.6 Å². The number of aryl methyl sites for hydroxylation is 1. The molecule has 1 aromatic heterocycles. The number of hydrogen-bond acceptors (Lipinski definition) is 3. The second kappa shape index (κ2) is 5.74. The minimum absolute atomic E-state index is 0.0138. The molecule has 5 heteroatoms. The van der Waals surface area contributed by atoms with Crippen molar-refractivity contribution in [1.29, 1.82) is 0 Å². The van der Waals surface area contributed by atoms with Crippen molar-refractivity contribution in [3.8, 4) is 0 Å². The van der Waals surface area contributed by atoms with Crippen LogP contribution in [0.15, 0.2) is 36.5 Å². The van der Waals surface area contributed by atoms with Crippen LogP contribution < -0.4 is 11.1 Å². The molecule has 0 aliphatic heterocycles. The highest BCUT2D eigenvalue weighted by Gasteiger charge is 2.23. The molecule has 1 atom stereocenters. The minimum Gasteiger partial charge on any atom is -0.397 e. The fourth-order valence-electron chi connectivity index (χ4n) is 2.76. The Labute approximate surface area is 128 Å². The molecule has 2 aromatic rings. The number of amides is 1. The number of hydrogen-bond donors (Lipinski definition) is 2. The van der Waals surface area contributed by atoms with Crippen molar-refractivity contribution in [2.24, 2.45) is 0 Å². The Balaban J connectivity index is 1.84. The molecule has 0 bridgehead atoms. The van der Waals surface area contributed by atoms with Crippen molar-refractivity contribution < 1.29 is 4.79 Å². The number of carbonyl (C=O) groups excluding carboxylic acids is 1. The van der Waals surface area contributed by atoms with Crippen LogP contribution in [0.4, 0.5) is 5.69 Å². The number of carbonyl (C=O) groups is 1. The van der Waals surface area contributed by atoms with Crippen molar-refractivity contribution in [1.82, 2.24) is 10.3 Å². The topological polar surface area (TPSA) is 68.0 Å². The van der Waals surface area contributed by atoms with E-state index in [0.29, 0.717) is 11.3 Å². The molecule has 0 fully saturated rings. The Morgan fingerprint density at radius 2 is 2.19 bits per heavy atom. The van der Waals surface area contributed by atoms with Gasteiger partial charge in [0.1, 0.15) is 5.15 Å². The second-order valence-corrected chi connectivity index (χ2v) is 5.58. The lowest BCUT2D eigenvalue weighted by molar-refractivity contribution is 0.0932. The molecule has 1 unspecified atom stereocenters. The number of rotatable bonds is 2. The van der Waals surface area contributed by atoms with Gasteiger partial charge in [0.25, 0.3) is 5.91 Å². The van der Waals surface area contributed by atoms with Crippen LogP contribution in [-0.2, 0) is 6.42 Å². The number of nitrogens with one attached hydrogen (secondary N) is 1. The van der Waals surface area contributed by atoms with Crippen LogP contribution in [0.3, 0.4) is 0 Å². The van der Waals surface area contributed by atoms with Crippen molar-refractivity contribution in [3.05, 3.63) is 58.4 Å². The summed E-state index contributed by atoms with van der Waals surface area (Å²) < 4.78 is 0. The Morgan fingerprint density at radius 1 is 1.38 bits per heavy atom. The van der Waals surface area contributed by atoms with Gasteiger partial charge in [0.2, 0.25) is 0 Å². The molecular formula is C16H16ClN3O. The summed E-state index contributed by atoms with van der Waals surface area (Å²) in [4.78, 5) is 16.3. The zero-order valence-electron chi connectivity index (χ0n) is 11.5. The maximum atomic E-state index is 12.4. The van der Waals surface area contributed by atoms with Crippen molar-refractivity contribution in [2.75, 3.05) is 5.73 Å². The number of benzene rings is 1. The predicted molar refractivity (Wildman–Crippen MR) is 83.2 cm³/mol. The largest absolute Gasteiger partial charge is 0.397 e. The van der Waals surface area contributed by atoms with Crippen LogP contribution in [0.1, 0.15) is 40.4 Å². The molecule has 3 N–H and O–H groups in total. The predicted octanol–water partition coefficient (Wildman–Crippen LogP) is 3.12. The summed E-state index contributed by atoms with van der Waals surface area (Å²) in [6.07, 6.45) is 4.49. The van der Waals surface area contributed by atoms with E-state index >= 15 is 0 Å². The molecule has 1 aliphatic rings. The highest BCUT2D eigenvalue weighted by Crippen LogP contribution is 2.30. The molecule has 1 heterocycles. The Morgan fingerprint density at radius 3 is 3.05 bits per heavy atom. The third kappa shape index (κ3) is 2.85. The SMILES string of the molecule is Nc1cnc(Cl)c(C(=O)NC2CCCc3ccccc32)c1. The number of fused-ring (bicyclic) bond motifs is 1. The molecule has 108 valence electrons. The Bertz CT molecular complexity index is 687. The van der Waals surface area contributed by atoms with Crippen molar-refractivity contribution in [2.45, 2.75) is 25.3 Å². The van der Waals surface area contributed by atoms with Gasteiger partial charge in [0.15, 0.2) is 0 Å². The number of aromatic nitrogens is 1. The average molecular weight is 302 g/mol. The maximum absolute atomic E-state index is 12.4. The summed E-state index contributed by atoms with van der Waals surface area (Å²) in [5, 5.41) is 3.21. The van der Waals surface area contributed by atoms with E-state index in [1.807, 2.05) is 12.1 Å². The van der Waals surface area contributed by atoms with Crippen molar-refractivity contribution in [3.63, 3.8) is 0 Å². The third-order valence-corrected chi connectivity index (χ3v) is 4.08. The molecular weight excluding hydrogens is 286 g/mol. The number of pyridine rings is 1. The number of nitrogens with two attached hydrogens (primary N) is 1. The molecule has 3 rings (SSSR count). The molecule has 0 radical (unpaired) electrons. The van der Waals surface area contributed by atoms with E-state index in [1.54, 1.807) is 6.07 Å². The normalized spacial score (nSPS) is 17.1. The number of anilines is 1. The first-order valence-corrected chi connectivity index (χ1v) is 7.32. The molecule has 0 saturated heterocycles. The molecule has 1 aromatic carbocycles. The smallest absolute Gasteiger partial charge is 0.254 e. The van der Waals surface area contributed by atoms with E-state index in [0.717, 1.165) is 19.3 Å².